The van der Waals surface area contributed by atoms with Gasteiger partial charge in [-0.1, -0.05) is 30.3 Å². The van der Waals surface area contributed by atoms with Crippen LogP contribution in [0.15, 0.2) is 52.9 Å². The van der Waals surface area contributed by atoms with Crippen LogP contribution in [-0.2, 0) is 11.2 Å². The van der Waals surface area contributed by atoms with E-state index in [1.807, 2.05) is 36.4 Å². The lowest BCUT2D eigenvalue weighted by Crippen LogP contribution is -2.42. The zero-order valence-corrected chi connectivity index (χ0v) is 14.5. The minimum absolute atomic E-state index is 0.104. The summed E-state index contributed by atoms with van der Waals surface area (Å²) in [7, 11) is 1.55. The number of fused-ring (bicyclic) bond motifs is 1. The van der Waals surface area contributed by atoms with Crippen LogP contribution in [0, 0.1) is 6.92 Å². The maximum absolute atomic E-state index is 12.6. The van der Waals surface area contributed by atoms with Crippen LogP contribution in [-0.4, -0.2) is 30.1 Å². The molecule has 3 aromatic rings. The lowest BCUT2D eigenvalue weighted by atomic mass is 10.1. The topological polar surface area (TPSA) is 88.8 Å². The molecule has 0 aliphatic heterocycles. The Morgan fingerprint density at radius 3 is 2.58 bits per heavy atom. The fourth-order valence-electron chi connectivity index (χ4n) is 2.82. The molecule has 0 saturated heterocycles. The number of carbonyl (C=O) groups excluding carboxylic acids is 1. The smallest absolute Gasteiger partial charge is 0.326 e. The van der Waals surface area contributed by atoms with Gasteiger partial charge in [0.05, 0.1) is 7.11 Å². The van der Waals surface area contributed by atoms with Crippen molar-refractivity contribution in [3.8, 4) is 5.75 Å². The Bertz CT molecular complexity index is 945. The third-order valence-corrected chi connectivity index (χ3v) is 4.24. The highest BCUT2D eigenvalue weighted by Gasteiger charge is 2.25. The van der Waals surface area contributed by atoms with Crippen molar-refractivity contribution in [3.05, 3.63) is 65.4 Å². The van der Waals surface area contributed by atoms with E-state index in [0.29, 0.717) is 16.9 Å². The molecule has 1 heterocycles. The second-order valence-electron chi connectivity index (χ2n) is 5.97. The first kappa shape index (κ1) is 17.5. The highest BCUT2D eigenvalue weighted by molar-refractivity contribution is 6.00. The van der Waals surface area contributed by atoms with Crippen LogP contribution < -0.4 is 10.1 Å². The second-order valence-corrected chi connectivity index (χ2v) is 5.97. The lowest BCUT2D eigenvalue weighted by molar-refractivity contribution is -0.139. The number of aryl methyl sites for hydroxylation is 1. The summed E-state index contributed by atoms with van der Waals surface area (Å²) in [5.41, 5.74) is 2.00. The van der Waals surface area contributed by atoms with Gasteiger partial charge in [0.15, 0.2) is 5.76 Å². The molecule has 2 N–H and O–H groups in total. The SMILES string of the molecule is COc1ccc2c(C)c(C(=O)N[C@H](Cc3ccccc3)C(=O)O)oc2c1. The number of methoxy groups -OCH3 is 1. The molecule has 3 rings (SSSR count). The van der Waals surface area contributed by atoms with Gasteiger partial charge in [0.2, 0.25) is 0 Å². The van der Waals surface area contributed by atoms with Gasteiger partial charge in [-0.05, 0) is 24.6 Å². The maximum atomic E-state index is 12.6. The molecule has 0 unspecified atom stereocenters. The highest BCUT2D eigenvalue weighted by atomic mass is 16.5. The normalized spacial score (nSPS) is 11.9. The Balaban J connectivity index is 1.84. The van der Waals surface area contributed by atoms with E-state index in [4.69, 9.17) is 9.15 Å². The lowest BCUT2D eigenvalue weighted by Gasteiger charge is -2.14. The summed E-state index contributed by atoms with van der Waals surface area (Å²) < 4.78 is 10.8. The summed E-state index contributed by atoms with van der Waals surface area (Å²) >= 11 is 0. The highest BCUT2D eigenvalue weighted by Crippen LogP contribution is 2.28. The van der Waals surface area contributed by atoms with Gasteiger partial charge < -0.3 is 19.6 Å². The standard InChI is InChI=1S/C20H19NO5/c1-12-15-9-8-14(25-2)11-17(15)26-18(12)19(22)21-16(20(23)24)10-13-6-4-3-5-7-13/h3-9,11,16H,10H2,1-2H3,(H,21,22)(H,23,24)/t16-/m1/s1. The monoisotopic (exact) mass is 353 g/mol. The van der Waals surface area contributed by atoms with Crippen molar-refractivity contribution in [1.29, 1.82) is 0 Å². The molecule has 0 radical (unpaired) electrons. The average Bonchev–Trinajstić information content (AvgIpc) is 2.98. The summed E-state index contributed by atoms with van der Waals surface area (Å²) in [5, 5.41) is 12.8. The molecule has 1 atom stereocenters. The molecule has 0 aliphatic rings. The fraction of sp³-hybridized carbons (Fsp3) is 0.200. The zero-order chi connectivity index (χ0) is 18.7. The second kappa shape index (κ2) is 7.31. The van der Waals surface area contributed by atoms with Gasteiger partial charge in [0, 0.05) is 23.4 Å². The first-order valence-electron chi connectivity index (χ1n) is 8.14. The van der Waals surface area contributed by atoms with E-state index in [-0.39, 0.29) is 12.2 Å². The molecule has 6 heteroatoms. The molecular formula is C20H19NO5. The van der Waals surface area contributed by atoms with Gasteiger partial charge >= 0.3 is 5.97 Å². The van der Waals surface area contributed by atoms with Crippen LogP contribution in [0.25, 0.3) is 11.0 Å². The number of carbonyl (C=O) groups is 2. The molecule has 1 amide bonds. The van der Waals surface area contributed by atoms with Crippen molar-refractivity contribution in [2.24, 2.45) is 0 Å². The molecule has 26 heavy (non-hydrogen) atoms. The summed E-state index contributed by atoms with van der Waals surface area (Å²) in [6.07, 6.45) is 0.189. The molecule has 0 fully saturated rings. The number of hydrogen-bond acceptors (Lipinski definition) is 4. The van der Waals surface area contributed by atoms with Crippen LogP contribution in [0.3, 0.4) is 0 Å². The van der Waals surface area contributed by atoms with Crippen LogP contribution in [0.2, 0.25) is 0 Å². The van der Waals surface area contributed by atoms with Gasteiger partial charge in [0.1, 0.15) is 17.4 Å². The molecule has 0 aliphatic carbocycles. The molecule has 1 aromatic heterocycles. The largest absolute Gasteiger partial charge is 0.497 e. The van der Waals surface area contributed by atoms with Crippen molar-refractivity contribution in [2.45, 2.75) is 19.4 Å². The number of ether oxygens (including phenoxy) is 1. The number of carboxylic acids is 1. The number of rotatable bonds is 6. The Labute approximate surface area is 150 Å². The summed E-state index contributed by atoms with van der Waals surface area (Å²) in [4.78, 5) is 24.1. The summed E-state index contributed by atoms with van der Waals surface area (Å²) in [6, 6.07) is 13.4. The number of carboxylic acid groups (broad SMARTS) is 1. The number of benzene rings is 2. The molecular weight excluding hydrogens is 334 g/mol. The number of aliphatic carboxylic acids is 1. The van der Waals surface area contributed by atoms with E-state index in [1.165, 1.54) is 0 Å². The van der Waals surface area contributed by atoms with Crippen molar-refractivity contribution >= 4 is 22.8 Å². The Morgan fingerprint density at radius 2 is 1.92 bits per heavy atom. The number of nitrogens with one attached hydrogen (secondary N) is 1. The minimum atomic E-state index is -1.10. The average molecular weight is 353 g/mol. The van der Waals surface area contributed by atoms with Crippen molar-refractivity contribution < 1.29 is 23.8 Å². The Hall–Kier alpha value is -3.28. The van der Waals surface area contributed by atoms with Crippen LogP contribution in [0.1, 0.15) is 21.7 Å². The van der Waals surface area contributed by atoms with E-state index in [0.717, 1.165) is 10.9 Å². The first-order valence-corrected chi connectivity index (χ1v) is 8.14. The molecule has 0 saturated carbocycles. The number of hydrogen-bond donors (Lipinski definition) is 2. The third-order valence-electron chi connectivity index (χ3n) is 4.24. The molecule has 0 spiro atoms. The van der Waals surface area contributed by atoms with Crippen molar-refractivity contribution in [2.75, 3.05) is 7.11 Å². The number of furan rings is 1. The van der Waals surface area contributed by atoms with Gasteiger partial charge in [-0.15, -0.1) is 0 Å². The van der Waals surface area contributed by atoms with Crippen LogP contribution in [0.5, 0.6) is 5.75 Å². The minimum Gasteiger partial charge on any atom is -0.497 e. The Kier molecular flexibility index (Phi) is 4.93. The van der Waals surface area contributed by atoms with Crippen LogP contribution in [0.4, 0.5) is 0 Å². The van der Waals surface area contributed by atoms with E-state index in [1.54, 1.807) is 26.2 Å². The number of amides is 1. The first-order chi connectivity index (χ1) is 12.5. The summed E-state index contributed by atoms with van der Waals surface area (Å²) in [5.74, 6) is -0.933. The van der Waals surface area contributed by atoms with Gasteiger partial charge in [-0.2, -0.15) is 0 Å². The Morgan fingerprint density at radius 1 is 1.19 bits per heavy atom. The van der Waals surface area contributed by atoms with Gasteiger partial charge in [-0.25, -0.2) is 4.79 Å². The van der Waals surface area contributed by atoms with E-state index >= 15 is 0 Å². The molecule has 2 aromatic carbocycles. The molecule has 0 bridgehead atoms. The van der Waals surface area contributed by atoms with Gasteiger partial charge in [0.25, 0.3) is 5.91 Å². The van der Waals surface area contributed by atoms with E-state index in [2.05, 4.69) is 5.32 Å². The third kappa shape index (κ3) is 3.54. The van der Waals surface area contributed by atoms with Gasteiger partial charge in [-0.3, -0.25) is 4.79 Å². The fourth-order valence-corrected chi connectivity index (χ4v) is 2.82. The van der Waals surface area contributed by atoms with E-state index in [9.17, 15) is 14.7 Å². The zero-order valence-electron chi connectivity index (χ0n) is 14.5. The molecule has 6 nitrogen and oxygen atoms in total. The predicted octanol–water partition coefficient (Wildman–Crippen LogP) is 3.18. The van der Waals surface area contributed by atoms with Crippen molar-refractivity contribution in [3.63, 3.8) is 0 Å². The quantitative estimate of drug-likeness (QED) is 0.710. The van der Waals surface area contributed by atoms with Crippen LogP contribution >= 0.6 is 0 Å². The summed E-state index contributed by atoms with van der Waals surface area (Å²) in [6.45, 7) is 1.76. The maximum Gasteiger partial charge on any atom is 0.326 e. The van der Waals surface area contributed by atoms with E-state index < -0.39 is 17.9 Å². The predicted molar refractivity (Wildman–Crippen MR) is 96.5 cm³/mol. The van der Waals surface area contributed by atoms with Crippen molar-refractivity contribution in [1.82, 2.24) is 5.32 Å². The molecule has 134 valence electrons.